The molecule has 1 atom stereocenters. The zero-order chi connectivity index (χ0) is 18.6. The van der Waals surface area contributed by atoms with Crippen LogP contribution in [-0.4, -0.2) is 37.0 Å². The summed E-state index contributed by atoms with van der Waals surface area (Å²) in [6.45, 7) is 5.89. The average molecular weight is 384 g/mol. The lowest BCUT2D eigenvalue weighted by Gasteiger charge is -2.32. The molecule has 0 radical (unpaired) electrons. The molecule has 0 unspecified atom stereocenters. The fraction of sp³-hybridized carbons (Fsp3) is 0.500. The fourth-order valence-corrected chi connectivity index (χ4v) is 5.21. The van der Waals surface area contributed by atoms with E-state index in [0.717, 1.165) is 31.7 Å². The molecule has 1 N–H and O–H groups in total. The molecule has 4 rings (SSSR count). The van der Waals surface area contributed by atoms with Crippen LogP contribution in [0.1, 0.15) is 49.1 Å². The third-order valence-electron chi connectivity index (χ3n) is 5.87. The largest absolute Gasteiger partial charge is 0.372 e. The van der Waals surface area contributed by atoms with Gasteiger partial charge in [-0.15, -0.1) is 11.3 Å². The minimum Gasteiger partial charge on any atom is -0.372 e. The van der Waals surface area contributed by atoms with Crippen LogP contribution in [0.5, 0.6) is 0 Å². The van der Waals surface area contributed by atoms with E-state index in [2.05, 4.69) is 45.6 Å². The van der Waals surface area contributed by atoms with Crippen LogP contribution in [0.2, 0.25) is 0 Å². The maximum atomic E-state index is 12.5. The number of carbonyl (C=O) groups excluding carboxylic acids is 1. The highest BCUT2D eigenvalue weighted by Gasteiger charge is 2.26. The molecule has 2 aromatic rings. The second-order valence-electron chi connectivity index (χ2n) is 7.69. The van der Waals surface area contributed by atoms with Crippen molar-refractivity contribution < 1.29 is 4.79 Å². The first-order valence-corrected chi connectivity index (χ1v) is 11.0. The molecule has 3 heterocycles. The zero-order valence-corrected chi connectivity index (χ0v) is 16.9. The summed E-state index contributed by atoms with van der Waals surface area (Å²) < 4.78 is 0. The minimum atomic E-state index is 0.0723. The molecule has 1 saturated heterocycles. The topological polar surface area (TPSA) is 35.6 Å². The van der Waals surface area contributed by atoms with E-state index >= 15 is 0 Å². The molecule has 2 aliphatic heterocycles. The summed E-state index contributed by atoms with van der Waals surface area (Å²) in [6, 6.07) is 10.9. The Bertz CT molecular complexity index is 762. The number of nitrogens with one attached hydrogen (secondary N) is 1. The van der Waals surface area contributed by atoms with E-state index in [1.54, 1.807) is 0 Å². The molecule has 1 aromatic heterocycles. The first-order valence-electron chi connectivity index (χ1n) is 10.2. The van der Waals surface area contributed by atoms with Crippen LogP contribution in [0.25, 0.3) is 0 Å². The number of nitrogens with zero attached hydrogens (tertiary/aromatic N) is 2. The number of amides is 1. The summed E-state index contributed by atoms with van der Waals surface area (Å²) in [7, 11) is 0. The molecular formula is C22H29N3OS. The van der Waals surface area contributed by atoms with Gasteiger partial charge in [0.25, 0.3) is 0 Å². The summed E-state index contributed by atoms with van der Waals surface area (Å²) in [4.78, 5) is 18.8. The summed E-state index contributed by atoms with van der Waals surface area (Å²) in [5.74, 6) is 0.0723. The highest BCUT2D eigenvalue weighted by Crippen LogP contribution is 2.32. The predicted octanol–water partition coefficient (Wildman–Crippen LogP) is 4.69. The van der Waals surface area contributed by atoms with Gasteiger partial charge in [-0.1, -0.05) is 12.8 Å². The second-order valence-corrected chi connectivity index (χ2v) is 8.69. The van der Waals surface area contributed by atoms with Crippen molar-refractivity contribution in [2.75, 3.05) is 36.4 Å². The zero-order valence-electron chi connectivity index (χ0n) is 16.1. The smallest absolute Gasteiger partial charge is 0.238 e. The van der Waals surface area contributed by atoms with Gasteiger partial charge in [0.2, 0.25) is 5.91 Å². The molecule has 0 aliphatic carbocycles. The Hall–Kier alpha value is -1.85. The Morgan fingerprint density at radius 1 is 1.07 bits per heavy atom. The molecule has 1 amide bonds. The van der Waals surface area contributed by atoms with E-state index in [4.69, 9.17) is 0 Å². The van der Waals surface area contributed by atoms with Gasteiger partial charge in [0, 0.05) is 41.9 Å². The number of fused-ring (bicyclic) bond motifs is 1. The van der Waals surface area contributed by atoms with Crippen molar-refractivity contribution in [1.29, 1.82) is 0 Å². The van der Waals surface area contributed by atoms with Crippen molar-refractivity contribution in [2.45, 2.75) is 45.1 Å². The number of rotatable bonds is 4. The third kappa shape index (κ3) is 4.36. The highest BCUT2D eigenvalue weighted by molar-refractivity contribution is 7.10. The maximum absolute atomic E-state index is 12.5. The van der Waals surface area contributed by atoms with Crippen molar-refractivity contribution in [3.63, 3.8) is 0 Å². The van der Waals surface area contributed by atoms with Gasteiger partial charge < -0.3 is 10.2 Å². The number of hydrogen-bond acceptors (Lipinski definition) is 4. The van der Waals surface area contributed by atoms with Crippen molar-refractivity contribution in [1.82, 2.24) is 4.90 Å². The molecule has 27 heavy (non-hydrogen) atoms. The Morgan fingerprint density at radius 2 is 1.81 bits per heavy atom. The van der Waals surface area contributed by atoms with Gasteiger partial charge in [0.05, 0.1) is 6.54 Å². The van der Waals surface area contributed by atoms with E-state index < -0.39 is 0 Å². The lowest BCUT2D eigenvalue weighted by Crippen LogP contribution is -2.39. The molecular weight excluding hydrogens is 354 g/mol. The van der Waals surface area contributed by atoms with E-state index in [-0.39, 0.29) is 5.91 Å². The number of carbonyl (C=O) groups is 1. The molecule has 0 bridgehead atoms. The van der Waals surface area contributed by atoms with Gasteiger partial charge in [-0.2, -0.15) is 0 Å². The summed E-state index contributed by atoms with van der Waals surface area (Å²) in [5.41, 5.74) is 3.55. The first-order chi connectivity index (χ1) is 13.2. The second kappa shape index (κ2) is 8.44. The lowest BCUT2D eigenvalue weighted by molar-refractivity contribution is -0.117. The van der Waals surface area contributed by atoms with Gasteiger partial charge in [0.1, 0.15) is 0 Å². The van der Waals surface area contributed by atoms with Crippen LogP contribution < -0.4 is 10.2 Å². The van der Waals surface area contributed by atoms with Crippen LogP contribution in [0.4, 0.5) is 11.4 Å². The molecule has 1 fully saturated rings. The summed E-state index contributed by atoms with van der Waals surface area (Å²) in [5, 5.41) is 5.24. The lowest BCUT2D eigenvalue weighted by atomic mass is 10.0. The van der Waals surface area contributed by atoms with Crippen molar-refractivity contribution >= 4 is 28.6 Å². The molecule has 0 saturated carbocycles. The number of anilines is 2. The Morgan fingerprint density at radius 3 is 2.56 bits per heavy atom. The standard InChI is InChI=1S/C22H29N3OS/c1-17-20-11-15-27-21(20)10-14-25(17)16-22(26)23-18-6-8-19(9-7-18)24-12-4-2-3-5-13-24/h6-9,11,15,17H,2-5,10,12-14,16H2,1H3,(H,23,26)/t17-/m0/s1. The maximum Gasteiger partial charge on any atom is 0.238 e. The van der Waals surface area contributed by atoms with E-state index in [9.17, 15) is 4.79 Å². The van der Waals surface area contributed by atoms with Gasteiger partial charge in [-0.25, -0.2) is 0 Å². The molecule has 0 spiro atoms. The quantitative estimate of drug-likeness (QED) is 0.832. The van der Waals surface area contributed by atoms with Crippen molar-refractivity contribution in [3.05, 3.63) is 46.2 Å². The third-order valence-corrected chi connectivity index (χ3v) is 6.87. The monoisotopic (exact) mass is 383 g/mol. The SMILES string of the molecule is C[C@H]1c2ccsc2CCN1CC(=O)Nc1ccc(N2CCCCCC2)cc1. The van der Waals surface area contributed by atoms with Crippen LogP contribution in [0.15, 0.2) is 35.7 Å². The predicted molar refractivity (Wildman–Crippen MR) is 114 cm³/mol. The van der Waals surface area contributed by atoms with Crippen LogP contribution >= 0.6 is 11.3 Å². The Kier molecular flexibility index (Phi) is 5.79. The van der Waals surface area contributed by atoms with Crippen LogP contribution in [0.3, 0.4) is 0 Å². The number of benzene rings is 1. The van der Waals surface area contributed by atoms with Gasteiger partial charge in [-0.05, 0) is 67.5 Å². The number of thiophene rings is 1. The molecule has 2 aliphatic rings. The minimum absolute atomic E-state index is 0.0723. The summed E-state index contributed by atoms with van der Waals surface area (Å²) in [6.07, 6.45) is 6.28. The molecule has 4 nitrogen and oxygen atoms in total. The van der Waals surface area contributed by atoms with E-state index in [1.807, 2.05) is 23.5 Å². The number of hydrogen-bond donors (Lipinski definition) is 1. The van der Waals surface area contributed by atoms with E-state index in [0.29, 0.717) is 12.6 Å². The average Bonchev–Trinajstić information content (AvgIpc) is 2.99. The van der Waals surface area contributed by atoms with Gasteiger partial charge in [-0.3, -0.25) is 9.69 Å². The van der Waals surface area contributed by atoms with Gasteiger partial charge >= 0.3 is 0 Å². The first kappa shape index (κ1) is 18.5. The van der Waals surface area contributed by atoms with Crippen LogP contribution in [0, 0.1) is 0 Å². The molecule has 1 aromatic carbocycles. The van der Waals surface area contributed by atoms with Crippen molar-refractivity contribution in [3.8, 4) is 0 Å². The van der Waals surface area contributed by atoms with E-state index in [1.165, 1.54) is 41.8 Å². The molecule has 5 heteroatoms. The summed E-state index contributed by atoms with van der Waals surface area (Å²) >= 11 is 1.84. The Balaban J connectivity index is 1.33. The van der Waals surface area contributed by atoms with Crippen molar-refractivity contribution in [2.24, 2.45) is 0 Å². The molecule has 144 valence electrons. The normalized spacial score (nSPS) is 20.8. The Labute approximate surface area is 166 Å². The fourth-order valence-electron chi connectivity index (χ4n) is 4.25. The van der Waals surface area contributed by atoms with Gasteiger partial charge in [0.15, 0.2) is 0 Å². The van der Waals surface area contributed by atoms with Crippen LogP contribution in [-0.2, 0) is 11.2 Å². The highest BCUT2D eigenvalue weighted by atomic mass is 32.1.